The Labute approximate surface area is 66.8 Å². The van der Waals surface area contributed by atoms with E-state index in [2.05, 4.69) is 10.4 Å². The van der Waals surface area contributed by atoms with Crippen LogP contribution in [0.3, 0.4) is 0 Å². The zero-order valence-electron chi connectivity index (χ0n) is 7.20. The average Bonchev–Trinajstić information content (AvgIpc) is 2.31. The predicted octanol–water partition coefficient (Wildman–Crippen LogP) is -0.0137. The van der Waals surface area contributed by atoms with Gasteiger partial charge in [0.1, 0.15) is 5.82 Å². The quantitative estimate of drug-likeness (QED) is 0.621. The van der Waals surface area contributed by atoms with Crippen LogP contribution in [-0.2, 0) is 13.6 Å². The molecule has 0 aliphatic heterocycles. The number of aryl methyl sites for hydroxylation is 1. The Bertz CT molecular complexity index is 216. The Balaban J connectivity index is 2.44. The zero-order valence-corrected chi connectivity index (χ0v) is 7.20. The minimum atomic E-state index is 0.774. The van der Waals surface area contributed by atoms with Crippen molar-refractivity contribution >= 4 is 0 Å². The van der Waals surface area contributed by atoms with Crippen LogP contribution < -0.4 is 5.43 Å². The fourth-order valence-corrected chi connectivity index (χ4v) is 0.796. The molecule has 0 spiro atoms. The second-order valence-electron chi connectivity index (χ2n) is 2.68. The van der Waals surface area contributed by atoms with Gasteiger partial charge in [-0.1, -0.05) is 0 Å². The third-order valence-corrected chi connectivity index (χ3v) is 1.47. The Morgan fingerprint density at radius 3 is 2.82 bits per heavy atom. The van der Waals surface area contributed by atoms with Gasteiger partial charge in [-0.3, -0.25) is 5.01 Å². The minimum Gasteiger partial charge on any atom is -0.337 e. The molecule has 1 aromatic rings. The first-order valence-electron chi connectivity index (χ1n) is 3.57. The molecule has 11 heavy (non-hydrogen) atoms. The second-order valence-corrected chi connectivity index (χ2v) is 2.68. The molecule has 1 N–H and O–H groups in total. The molecule has 1 heterocycles. The second kappa shape index (κ2) is 3.50. The van der Waals surface area contributed by atoms with E-state index in [0.29, 0.717) is 0 Å². The van der Waals surface area contributed by atoms with Crippen molar-refractivity contribution in [2.45, 2.75) is 6.54 Å². The molecule has 0 saturated carbocycles. The Hall–Kier alpha value is -0.870. The average molecular weight is 154 g/mol. The highest BCUT2D eigenvalue weighted by atomic mass is 15.5. The highest BCUT2D eigenvalue weighted by Gasteiger charge is 1.97. The van der Waals surface area contributed by atoms with Crippen LogP contribution in [0, 0.1) is 0 Å². The van der Waals surface area contributed by atoms with Gasteiger partial charge >= 0.3 is 0 Å². The molecule has 1 rings (SSSR count). The molecule has 0 amide bonds. The van der Waals surface area contributed by atoms with Gasteiger partial charge in [0.2, 0.25) is 0 Å². The lowest BCUT2D eigenvalue weighted by Gasteiger charge is -2.10. The van der Waals surface area contributed by atoms with E-state index in [1.807, 2.05) is 36.9 Å². The van der Waals surface area contributed by atoms with Crippen molar-refractivity contribution in [1.29, 1.82) is 0 Å². The van der Waals surface area contributed by atoms with Crippen LogP contribution in [-0.4, -0.2) is 28.7 Å². The van der Waals surface area contributed by atoms with E-state index >= 15 is 0 Å². The van der Waals surface area contributed by atoms with Gasteiger partial charge in [-0.2, -0.15) is 0 Å². The maximum absolute atomic E-state index is 4.16. The maximum atomic E-state index is 4.16. The molecule has 0 aliphatic carbocycles. The first-order chi connectivity index (χ1) is 5.20. The first kappa shape index (κ1) is 8.23. The number of imidazole rings is 1. The van der Waals surface area contributed by atoms with E-state index in [4.69, 9.17) is 0 Å². The molecule has 0 aliphatic rings. The molecule has 0 saturated heterocycles. The molecule has 0 atom stereocenters. The predicted molar refractivity (Wildman–Crippen MR) is 43.7 cm³/mol. The summed E-state index contributed by atoms with van der Waals surface area (Å²) < 4.78 is 2.00. The fraction of sp³-hybridized carbons (Fsp3) is 0.571. The standard InChI is InChI=1S/C7H14N4/c1-10(2)9-6-7-8-4-5-11(7)3/h4-5,9H,6H2,1-3H3. The van der Waals surface area contributed by atoms with E-state index in [9.17, 15) is 0 Å². The van der Waals surface area contributed by atoms with Gasteiger partial charge in [-0.05, 0) is 0 Å². The third kappa shape index (κ3) is 2.32. The lowest BCUT2D eigenvalue weighted by Crippen LogP contribution is -2.30. The number of rotatable bonds is 3. The first-order valence-corrected chi connectivity index (χ1v) is 3.57. The van der Waals surface area contributed by atoms with Gasteiger partial charge in [-0.15, -0.1) is 0 Å². The van der Waals surface area contributed by atoms with Crippen molar-refractivity contribution in [3.63, 3.8) is 0 Å². The third-order valence-electron chi connectivity index (χ3n) is 1.47. The SMILES string of the molecule is CN(C)NCc1nccn1C. The molecule has 0 radical (unpaired) electrons. The summed E-state index contributed by atoms with van der Waals surface area (Å²) in [5, 5.41) is 1.91. The maximum Gasteiger partial charge on any atom is 0.123 e. The zero-order chi connectivity index (χ0) is 8.27. The van der Waals surface area contributed by atoms with E-state index in [1.54, 1.807) is 6.20 Å². The Morgan fingerprint density at radius 1 is 1.64 bits per heavy atom. The number of aromatic nitrogens is 2. The summed E-state index contributed by atoms with van der Waals surface area (Å²) in [6, 6.07) is 0. The smallest absolute Gasteiger partial charge is 0.123 e. The van der Waals surface area contributed by atoms with E-state index in [1.165, 1.54) is 0 Å². The summed E-state index contributed by atoms with van der Waals surface area (Å²) >= 11 is 0. The number of nitrogens with zero attached hydrogens (tertiary/aromatic N) is 3. The molecule has 4 heteroatoms. The monoisotopic (exact) mass is 154 g/mol. The van der Waals surface area contributed by atoms with E-state index in [-0.39, 0.29) is 0 Å². The summed E-state index contributed by atoms with van der Waals surface area (Å²) in [6.07, 6.45) is 3.74. The van der Waals surface area contributed by atoms with E-state index in [0.717, 1.165) is 12.4 Å². The van der Waals surface area contributed by atoms with Crippen LogP contribution in [0.15, 0.2) is 12.4 Å². The van der Waals surface area contributed by atoms with Crippen LogP contribution in [0.5, 0.6) is 0 Å². The minimum absolute atomic E-state index is 0.774. The lowest BCUT2D eigenvalue weighted by molar-refractivity contribution is 0.280. The van der Waals surface area contributed by atoms with Gasteiger partial charge in [0.25, 0.3) is 0 Å². The van der Waals surface area contributed by atoms with Gasteiger partial charge in [0.15, 0.2) is 0 Å². The van der Waals surface area contributed by atoms with Crippen LogP contribution in [0.1, 0.15) is 5.82 Å². The Kier molecular flexibility index (Phi) is 2.62. The van der Waals surface area contributed by atoms with Crippen molar-refractivity contribution in [3.05, 3.63) is 18.2 Å². The topological polar surface area (TPSA) is 33.1 Å². The summed E-state index contributed by atoms with van der Waals surface area (Å²) in [4.78, 5) is 4.16. The van der Waals surface area contributed by atoms with Crippen LogP contribution in [0.2, 0.25) is 0 Å². The number of hydrazine groups is 1. The highest BCUT2D eigenvalue weighted by Crippen LogP contribution is 1.92. The summed E-state index contributed by atoms with van der Waals surface area (Å²) in [5.41, 5.74) is 3.14. The molecule has 1 aromatic heterocycles. The summed E-state index contributed by atoms with van der Waals surface area (Å²) in [7, 11) is 5.91. The molecule has 62 valence electrons. The number of hydrogen-bond acceptors (Lipinski definition) is 3. The van der Waals surface area contributed by atoms with Crippen LogP contribution >= 0.6 is 0 Å². The number of hydrogen-bond donors (Lipinski definition) is 1. The summed E-state index contributed by atoms with van der Waals surface area (Å²) in [5.74, 6) is 1.04. The van der Waals surface area contributed by atoms with Crippen molar-refractivity contribution in [1.82, 2.24) is 20.0 Å². The van der Waals surface area contributed by atoms with Crippen molar-refractivity contribution < 1.29 is 0 Å². The largest absolute Gasteiger partial charge is 0.337 e. The van der Waals surface area contributed by atoms with Gasteiger partial charge in [0.05, 0.1) is 6.54 Å². The molecule has 0 unspecified atom stereocenters. The molecular weight excluding hydrogens is 140 g/mol. The van der Waals surface area contributed by atoms with Crippen LogP contribution in [0.4, 0.5) is 0 Å². The van der Waals surface area contributed by atoms with Crippen molar-refractivity contribution in [2.24, 2.45) is 7.05 Å². The Morgan fingerprint density at radius 2 is 2.36 bits per heavy atom. The van der Waals surface area contributed by atoms with Gasteiger partial charge < -0.3 is 4.57 Å². The molecular formula is C7H14N4. The van der Waals surface area contributed by atoms with Gasteiger partial charge in [0, 0.05) is 33.5 Å². The molecule has 0 fully saturated rings. The van der Waals surface area contributed by atoms with E-state index < -0.39 is 0 Å². The summed E-state index contributed by atoms with van der Waals surface area (Å²) in [6.45, 7) is 0.774. The number of nitrogens with one attached hydrogen (secondary N) is 1. The molecule has 0 bridgehead atoms. The fourth-order valence-electron chi connectivity index (χ4n) is 0.796. The van der Waals surface area contributed by atoms with Gasteiger partial charge in [-0.25, -0.2) is 10.4 Å². The normalized spacial score (nSPS) is 10.9. The van der Waals surface area contributed by atoms with Crippen LogP contribution in [0.25, 0.3) is 0 Å². The van der Waals surface area contributed by atoms with Crippen molar-refractivity contribution in [2.75, 3.05) is 14.1 Å². The molecule has 4 nitrogen and oxygen atoms in total. The highest BCUT2D eigenvalue weighted by molar-refractivity contribution is 4.89. The lowest BCUT2D eigenvalue weighted by atomic mass is 10.6. The van der Waals surface area contributed by atoms with Crippen molar-refractivity contribution in [3.8, 4) is 0 Å². The molecule has 0 aromatic carbocycles.